The van der Waals surface area contributed by atoms with Gasteiger partial charge in [0.1, 0.15) is 0 Å². The van der Waals surface area contributed by atoms with Crippen LogP contribution in [0.4, 0.5) is 0 Å². The summed E-state index contributed by atoms with van der Waals surface area (Å²) in [5, 5.41) is 5.70. The third-order valence-corrected chi connectivity index (χ3v) is 17.4. The topological polar surface area (TPSA) is 0 Å². The average Bonchev–Trinajstić information content (AvgIpc) is 3.72. The summed E-state index contributed by atoms with van der Waals surface area (Å²) in [4.78, 5) is 0. The van der Waals surface area contributed by atoms with Gasteiger partial charge in [0, 0.05) is 9.52 Å². The Labute approximate surface area is 419 Å². The van der Waals surface area contributed by atoms with Gasteiger partial charge in [-0.05, 0) is 35.8 Å². The first-order chi connectivity index (χ1) is 28.1. The van der Waals surface area contributed by atoms with Crippen molar-refractivity contribution >= 4 is 127 Å². The first-order valence-electron chi connectivity index (χ1n) is 22.3. The molecule has 4 aromatic carbocycles. The second-order valence-corrected chi connectivity index (χ2v) is 41.5. The van der Waals surface area contributed by atoms with Gasteiger partial charge in [-0.2, -0.15) is 12.1 Å². The van der Waals surface area contributed by atoms with Gasteiger partial charge in [0.2, 0.25) is 0 Å². The molecule has 60 heavy (non-hydrogen) atoms. The Hall–Kier alpha value is 1.51. The van der Waals surface area contributed by atoms with Crippen molar-refractivity contribution in [1.82, 2.24) is 0 Å². The van der Waals surface area contributed by atoms with Gasteiger partial charge in [-0.25, -0.2) is 0 Å². The van der Waals surface area contributed by atoms with Crippen molar-refractivity contribution in [2.45, 2.75) is 194 Å². The Bertz CT molecular complexity index is 1600. The zero-order valence-corrected chi connectivity index (χ0v) is 49.8. The minimum atomic E-state index is -2.37. The molecule has 2 radical (unpaired) electrons. The van der Waals surface area contributed by atoms with Crippen LogP contribution in [0.15, 0.2) is 48.5 Å². The fourth-order valence-corrected chi connectivity index (χ4v) is 12.3. The van der Waals surface area contributed by atoms with Crippen molar-refractivity contribution in [3.8, 4) is 0 Å². The van der Waals surface area contributed by atoms with E-state index in [9.17, 15) is 0 Å². The van der Waals surface area contributed by atoms with Crippen LogP contribution in [-0.2, 0) is 20.8 Å². The number of halogens is 8. The Morgan fingerprint density at radius 1 is 0.467 bits per heavy atom. The summed E-state index contributed by atoms with van der Waals surface area (Å²) in [6.45, 7) is 22.5. The van der Waals surface area contributed by atoms with E-state index in [1.165, 1.54) is 131 Å². The molecule has 0 atom stereocenters. The van der Waals surface area contributed by atoms with E-state index in [4.69, 9.17) is 83.5 Å². The van der Waals surface area contributed by atoms with Gasteiger partial charge in [-0.15, -0.1) is 123 Å². The molecule has 12 heteroatoms. The number of rotatable bonds is 22. The van der Waals surface area contributed by atoms with Crippen molar-refractivity contribution in [2.75, 3.05) is 0 Å². The predicted octanol–water partition coefficient (Wildman–Crippen LogP) is 21.1. The summed E-state index contributed by atoms with van der Waals surface area (Å²) in [6.07, 6.45) is 15.4. The molecule has 0 aliphatic rings. The molecule has 0 saturated heterocycles. The fourth-order valence-electron chi connectivity index (χ4n) is 7.36. The van der Waals surface area contributed by atoms with Crippen molar-refractivity contribution in [2.24, 2.45) is 0 Å². The van der Waals surface area contributed by atoms with E-state index in [-0.39, 0.29) is 0 Å². The predicted molar refractivity (Wildman–Crippen MR) is 284 cm³/mol. The van der Waals surface area contributed by atoms with Crippen LogP contribution in [0.2, 0.25) is 24.2 Å². The number of aryl methyl sites for hydroxylation is 2. The average molecular weight is 1110 g/mol. The Morgan fingerprint density at radius 2 is 0.767 bits per heavy atom. The van der Waals surface area contributed by atoms with E-state index < -0.39 is 32.9 Å². The van der Waals surface area contributed by atoms with E-state index in [0.717, 1.165) is 34.4 Å². The number of benzene rings is 2. The van der Waals surface area contributed by atoms with Gasteiger partial charge in [0.25, 0.3) is 0 Å². The van der Waals surface area contributed by atoms with Crippen LogP contribution in [-0.4, -0.2) is 21.5 Å². The molecule has 0 aliphatic heterocycles. The van der Waals surface area contributed by atoms with Crippen LogP contribution in [0.5, 0.6) is 0 Å². The van der Waals surface area contributed by atoms with E-state index in [1.807, 2.05) is 0 Å². The molecule has 0 aromatic heterocycles. The van der Waals surface area contributed by atoms with E-state index in [0.29, 0.717) is 23.7 Å². The van der Waals surface area contributed by atoms with E-state index >= 15 is 0 Å². The second-order valence-electron chi connectivity index (χ2n) is 17.7. The Balaban J connectivity index is 0.000000448. The summed E-state index contributed by atoms with van der Waals surface area (Å²) < 4.78 is 0. The third-order valence-electron chi connectivity index (χ3n) is 10.7. The molecule has 0 nitrogen and oxygen atoms in total. The molecule has 0 unspecified atom stereocenters. The minimum absolute atomic E-state index is 0.600. The summed E-state index contributed by atoms with van der Waals surface area (Å²) in [6, 6.07) is 18.4. The Morgan fingerprint density at radius 3 is 1.05 bits per heavy atom. The maximum absolute atomic E-state index is 5.87. The molecule has 4 rings (SSSR count). The molecule has 0 saturated carbocycles. The summed E-state index contributed by atoms with van der Waals surface area (Å²) >= 11 is 34.4. The third kappa shape index (κ3) is 26.6. The van der Waals surface area contributed by atoms with Crippen LogP contribution in [0.25, 0.3) is 21.5 Å². The monoisotopic (exact) mass is 1100 g/mol. The molecule has 0 N–H and O–H groups in total. The maximum atomic E-state index is 5.87. The molecular weight excluding hydrogens is 1040 g/mol. The molecule has 0 bridgehead atoms. The molecule has 0 fully saturated rings. The van der Waals surface area contributed by atoms with Gasteiger partial charge in [-0.1, -0.05) is 193 Å². The molecule has 4 aromatic rings. The first-order valence-corrected chi connectivity index (χ1v) is 40.5. The normalized spacial score (nSPS) is 11.8. The van der Waals surface area contributed by atoms with E-state index in [1.54, 1.807) is 0 Å². The standard InChI is InChI=1S/C16H32Cl6Si3.2C16H21.2ClH.Zr/c17-24(18,19)15-11-7-3-1-5-9-13-23-14-10-6-2-4-8-12-16-25(20,21)22;2*1-10(2)13-8-14-6-12(5)7-16(14)15(9-13)11(3)4;;;/h1-16H2;2*6-11H,1-5H3;2*1H;/q;2*-1;;;+4/p-2. The summed E-state index contributed by atoms with van der Waals surface area (Å²) in [5.74, 6) is 2.42. The van der Waals surface area contributed by atoms with Gasteiger partial charge in [0.05, 0.1) is 0 Å². The SMILES string of the molecule is Cc1cc2c(C(C)C)cc(C(C)C)cc2[cH-]1.Cc1cc2c(C(C)C)cc(C(C)C)cc2[cH-]1.Cl[Si](Cl)(Cl)CCCCCCCC[Si]CCCCCCCC[Si](Cl)(Cl)Cl.[Cl][Zr+2][Cl]. The zero-order chi connectivity index (χ0) is 45.5. The molecule has 0 spiro atoms. The van der Waals surface area contributed by atoms with E-state index in [2.05, 4.69) is 118 Å². The molecule has 0 amide bonds. The number of fused-ring (bicyclic) bond motifs is 2. The van der Waals surface area contributed by atoms with Crippen LogP contribution in [0.1, 0.15) is 189 Å². The summed E-state index contributed by atoms with van der Waals surface area (Å²) in [7, 11) is 11.0. The second kappa shape index (κ2) is 32.3. The van der Waals surface area contributed by atoms with Crippen molar-refractivity contribution in [1.29, 1.82) is 0 Å². The number of hydrogen-bond acceptors (Lipinski definition) is 0. The van der Waals surface area contributed by atoms with Crippen LogP contribution >= 0.6 is 83.5 Å². The van der Waals surface area contributed by atoms with Crippen molar-refractivity contribution in [3.05, 3.63) is 81.9 Å². The fraction of sp³-hybridized carbons (Fsp3) is 0.625. The number of unbranched alkanes of at least 4 members (excludes halogenated alkanes) is 10. The van der Waals surface area contributed by atoms with Crippen molar-refractivity contribution in [3.63, 3.8) is 0 Å². The Kier molecular flexibility index (Phi) is 32.0. The van der Waals surface area contributed by atoms with Gasteiger partial charge < -0.3 is 0 Å². The van der Waals surface area contributed by atoms with Gasteiger partial charge >= 0.3 is 49.9 Å². The van der Waals surface area contributed by atoms with Crippen LogP contribution in [0, 0.1) is 13.8 Å². The van der Waals surface area contributed by atoms with Gasteiger partial charge in [0.15, 0.2) is 0 Å². The first kappa shape index (κ1) is 59.5. The molecule has 0 aliphatic carbocycles. The van der Waals surface area contributed by atoms with Crippen LogP contribution < -0.4 is 0 Å². The summed E-state index contributed by atoms with van der Waals surface area (Å²) in [5.41, 5.74) is 8.66. The molecular formula is C48H74Cl8Si3Zr. The molecule has 338 valence electrons. The number of hydrogen-bond donors (Lipinski definition) is 0. The van der Waals surface area contributed by atoms with Crippen LogP contribution in [0.3, 0.4) is 0 Å². The zero-order valence-electron chi connectivity index (χ0n) is 38.3. The molecule has 0 heterocycles. The van der Waals surface area contributed by atoms with Crippen molar-refractivity contribution < 1.29 is 20.8 Å². The van der Waals surface area contributed by atoms with Gasteiger partial charge in [-0.3, -0.25) is 0 Å². The quantitative estimate of drug-likeness (QED) is 0.0318.